The van der Waals surface area contributed by atoms with Gasteiger partial charge in [-0.2, -0.15) is 5.21 Å². The van der Waals surface area contributed by atoms with Gasteiger partial charge in [-0.3, -0.25) is 0 Å². The highest BCUT2D eigenvalue weighted by atomic mass is 32.1. The van der Waals surface area contributed by atoms with E-state index in [2.05, 4.69) is 15.5 Å². The minimum atomic E-state index is 0.474. The van der Waals surface area contributed by atoms with Gasteiger partial charge in [-0.25, -0.2) is 4.68 Å². The molecule has 1 rings (SSSR count). The first kappa shape index (κ1) is 11.3. The van der Waals surface area contributed by atoms with E-state index in [0.717, 1.165) is 13.0 Å². The average molecular weight is 218 g/mol. The maximum atomic E-state index is 5.29. The molecule has 80 valence electrons. The molecule has 0 aliphatic carbocycles. The van der Waals surface area contributed by atoms with Gasteiger partial charge in [0.15, 0.2) is 0 Å². The van der Waals surface area contributed by atoms with Crippen LogP contribution in [0, 0.1) is 4.77 Å². The Hall–Kier alpha value is -0.790. The van der Waals surface area contributed by atoms with Crippen LogP contribution >= 0.6 is 12.2 Å². The lowest BCUT2D eigenvalue weighted by molar-refractivity contribution is 0.0676. The van der Waals surface area contributed by atoms with Gasteiger partial charge in [0.1, 0.15) is 0 Å². The molecule has 0 fully saturated rings. The van der Waals surface area contributed by atoms with Crippen molar-refractivity contribution in [1.29, 1.82) is 0 Å². The van der Waals surface area contributed by atoms with Gasteiger partial charge in [0.2, 0.25) is 4.77 Å². The highest BCUT2D eigenvalue weighted by Crippen LogP contribution is 1.89. The van der Waals surface area contributed by atoms with Crippen LogP contribution in [0.4, 0.5) is 0 Å². The molecule has 0 saturated carbocycles. The average Bonchev–Trinajstić information content (AvgIpc) is 2.58. The van der Waals surface area contributed by atoms with E-state index in [1.807, 2.05) is 0 Å². The fourth-order valence-corrected chi connectivity index (χ4v) is 1.10. The van der Waals surface area contributed by atoms with Gasteiger partial charge in [-0.05, 0) is 18.6 Å². The van der Waals surface area contributed by atoms with Crippen LogP contribution in [0.15, 0.2) is 0 Å². The maximum absolute atomic E-state index is 5.29. The molecule has 0 aromatic carbocycles. The largest absolute Gasteiger partial charge is 0.382 e. The van der Waals surface area contributed by atoms with Crippen molar-refractivity contribution >= 4 is 12.2 Å². The van der Waals surface area contributed by atoms with Crippen molar-refractivity contribution in [3.63, 3.8) is 0 Å². The Balaban J connectivity index is 2.05. The highest BCUT2D eigenvalue weighted by Gasteiger charge is 1.94. The molecule has 1 aromatic heterocycles. The monoisotopic (exact) mass is 218 g/mol. The predicted octanol–water partition coefficient (Wildman–Crippen LogP) is 0.389. The van der Waals surface area contributed by atoms with E-state index >= 15 is 0 Å². The lowest BCUT2D eigenvalue weighted by Crippen LogP contribution is -2.07. The standard InChI is InChI=1S/C7H14N4O2S/c1-12-5-6-13-4-2-3-11-7(14)8-9-10-11/h2-6H2,1H3,(H,8,10,14). The van der Waals surface area contributed by atoms with Gasteiger partial charge in [-0.1, -0.05) is 10.3 Å². The molecule has 0 amide bonds. The van der Waals surface area contributed by atoms with E-state index in [1.165, 1.54) is 0 Å². The second kappa shape index (κ2) is 6.63. The molecule has 14 heavy (non-hydrogen) atoms. The lowest BCUT2D eigenvalue weighted by Gasteiger charge is -2.03. The van der Waals surface area contributed by atoms with Crippen molar-refractivity contribution in [3.8, 4) is 0 Å². The molecule has 6 nitrogen and oxygen atoms in total. The molecule has 0 saturated heterocycles. The fraction of sp³-hybridized carbons (Fsp3) is 0.857. The van der Waals surface area contributed by atoms with E-state index in [4.69, 9.17) is 21.7 Å². The van der Waals surface area contributed by atoms with Crippen LogP contribution in [0.2, 0.25) is 0 Å². The minimum absolute atomic E-state index is 0.474. The normalized spacial score (nSPS) is 10.6. The number of tetrazole rings is 1. The van der Waals surface area contributed by atoms with Gasteiger partial charge >= 0.3 is 0 Å². The number of aryl methyl sites for hydroxylation is 1. The van der Waals surface area contributed by atoms with Crippen LogP contribution in [-0.2, 0) is 16.0 Å². The number of methoxy groups -OCH3 is 1. The van der Waals surface area contributed by atoms with Crippen LogP contribution in [0.25, 0.3) is 0 Å². The molecule has 0 spiro atoms. The number of hydrogen-bond donors (Lipinski definition) is 1. The molecule has 7 heteroatoms. The number of H-pyrrole nitrogens is 1. The van der Waals surface area contributed by atoms with Crippen LogP contribution in [0.1, 0.15) is 6.42 Å². The molecule has 0 aliphatic rings. The van der Waals surface area contributed by atoms with Crippen molar-refractivity contribution in [2.75, 3.05) is 26.9 Å². The number of nitrogens with one attached hydrogen (secondary N) is 1. The number of ether oxygens (including phenoxy) is 2. The Bertz CT molecular complexity index is 298. The number of aromatic nitrogens is 4. The first-order valence-corrected chi connectivity index (χ1v) is 4.80. The van der Waals surface area contributed by atoms with E-state index < -0.39 is 0 Å². The number of hydrogen-bond acceptors (Lipinski definition) is 5. The zero-order valence-corrected chi connectivity index (χ0v) is 8.92. The van der Waals surface area contributed by atoms with E-state index in [0.29, 0.717) is 24.6 Å². The SMILES string of the molecule is COCCOCCCn1[nH]nnc1=S. The fourth-order valence-electron chi connectivity index (χ4n) is 0.931. The molecule has 0 aliphatic heterocycles. The Morgan fingerprint density at radius 1 is 1.43 bits per heavy atom. The quantitative estimate of drug-likeness (QED) is 0.530. The van der Waals surface area contributed by atoms with E-state index in [1.54, 1.807) is 11.8 Å². The van der Waals surface area contributed by atoms with Crippen LogP contribution in [0.5, 0.6) is 0 Å². The highest BCUT2D eigenvalue weighted by molar-refractivity contribution is 7.71. The van der Waals surface area contributed by atoms with Gasteiger partial charge in [0.25, 0.3) is 0 Å². The van der Waals surface area contributed by atoms with Crippen molar-refractivity contribution in [3.05, 3.63) is 4.77 Å². The third-order valence-corrected chi connectivity index (χ3v) is 1.94. The molecule has 0 bridgehead atoms. The summed E-state index contributed by atoms with van der Waals surface area (Å²) in [7, 11) is 1.65. The van der Waals surface area contributed by atoms with Crippen molar-refractivity contribution in [2.24, 2.45) is 0 Å². The van der Waals surface area contributed by atoms with Crippen molar-refractivity contribution in [2.45, 2.75) is 13.0 Å². The Labute approximate surface area is 87.2 Å². The molecule has 0 unspecified atom stereocenters. The molecule has 1 heterocycles. The summed E-state index contributed by atoms with van der Waals surface area (Å²) in [4.78, 5) is 0. The van der Waals surface area contributed by atoms with Gasteiger partial charge in [0.05, 0.1) is 13.2 Å². The summed E-state index contributed by atoms with van der Waals surface area (Å²) in [6, 6.07) is 0. The summed E-state index contributed by atoms with van der Waals surface area (Å²) in [5.74, 6) is 0. The minimum Gasteiger partial charge on any atom is -0.382 e. The van der Waals surface area contributed by atoms with Gasteiger partial charge in [-0.15, -0.1) is 0 Å². The van der Waals surface area contributed by atoms with Gasteiger partial charge in [0, 0.05) is 20.3 Å². The molecule has 0 atom stereocenters. The Morgan fingerprint density at radius 2 is 2.29 bits per heavy atom. The summed E-state index contributed by atoms with van der Waals surface area (Å²) in [5.41, 5.74) is 0. The van der Waals surface area contributed by atoms with E-state index in [-0.39, 0.29) is 0 Å². The summed E-state index contributed by atoms with van der Waals surface area (Å²) in [5, 5.41) is 9.91. The lowest BCUT2D eigenvalue weighted by atomic mass is 10.4. The number of nitrogens with zero attached hydrogens (tertiary/aromatic N) is 3. The Kier molecular flexibility index (Phi) is 5.35. The summed E-state index contributed by atoms with van der Waals surface area (Å²) in [6.45, 7) is 2.69. The second-order valence-corrected chi connectivity index (χ2v) is 3.06. The zero-order chi connectivity index (χ0) is 10.2. The molecule has 1 aromatic rings. The first-order valence-electron chi connectivity index (χ1n) is 4.39. The van der Waals surface area contributed by atoms with Crippen molar-refractivity contribution < 1.29 is 9.47 Å². The summed E-state index contributed by atoms with van der Waals surface area (Å²) < 4.78 is 12.3. The third-order valence-electron chi connectivity index (χ3n) is 1.63. The maximum Gasteiger partial charge on any atom is 0.238 e. The summed E-state index contributed by atoms with van der Waals surface area (Å²) >= 11 is 4.90. The number of aromatic amines is 1. The number of rotatable bonds is 7. The predicted molar refractivity (Wildman–Crippen MR) is 52.5 cm³/mol. The topological polar surface area (TPSA) is 65.0 Å². The second-order valence-electron chi connectivity index (χ2n) is 2.69. The summed E-state index contributed by atoms with van der Waals surface area (Å²) in [6.07, 6.45) is 0.877. The zero-order valence-electron chi connectivity index (χ0n) is 8.10. The smallest absolute Gasteiger partial charge is 0.238 e. The van der Waals surface area contributed by atoms with Crippen LogP contribution in [-0.4, -0.2) is 47.1 Å². The first-order chi connectivity index (χ1) is 6.84. The molecular formula is C7H14N4O2S. The molecule has 1 N–H and O–H groups in total. The van der Waals surface area contributed by atoms with E-state index in [9.17, 15) is 0 Å². The van der Waals surface area contributed by atoms with Gasteiger partial charge < -0.3 is 9.47 Å². The molecular weight excluding hydrogens is 204 g/mol. The third kappa shape index (κ3) is 3.95. The van der Waals surface area contributed by atoms with Crippen molar-refractivity contribution in [1.82, 2.24) is 20.2 Å². The Morgan fingerprint density at radius 3 is 2.93 bits per heavy atom. The molecule has 0 radical (unpaired) electrons. The van der Waals surface area contributed by atoms with Crippen LogP contribution in [0.3, 0.4) is 0 Å². The van der Waals surface area contributed by atoms with Crippen LogP contribution < -0.4 is 0 Å².